The van der Waals surface area contributed by atoms with Gasteiger partial charge in [-0.05, 0) is 49.2 Å². The number of hydrogen-bond donors (Lipinski definition) is 0. The number of rotatable bonds is 8. The first-order valence-corrected chi connectivity index (χ1v) is 7.65. The Hall–Kier alpha value is -2.29. The van der Waals surface area contributed by atoms with E-state index in [1.54, 1.807) is 6.92 Å². The summed E-state index contributed by atoms with van der Waals surface area (Å²) >= 11 is 0. The van der Waals surface area contributed by atoms with Crippen LogP contribution in [0.5, 0.6) is 11.5 Å². The van der Waals surface area contributed by atoms with Crippen molar-refractivity contribution in [3.63, 3.8) is 0 Å². The summed E-state index contributed by atoms with van der Waals surface area (Å²) in [5.74, 6) is 1.76. The molecule has 2 aromatic carbocycles. The highest BCUT2D eigenvalue weighted by atomic mass is 16.5. The van der Waals surface area contributed by atoms with Gasteiger partial charge in [0.2, 0.25) is 0 Å². The topological polar surface area (TPSA) is 35.5 Å². The smallest absolute Gasteiger partial charge is 0.159 e. The molecule has 0 unspecified atom stereocenters. The van der Waals surface area contributed by atoms with Gasteiger partial charge in [0, 0.05) is 5.56 Å². The van der Waals surface area contributed by atoms with Gasteiger partial charge in [0.15, 0.2) is 5.78 Å². The maximum atomic E-state index is 11.5. The van der Waals surface area contributed by atoms with Crippen molar-refractivity contribution in [1.29, 1.82) is 0 Å². The van der Waals surface area contributed by atoms with Crippen molar-refractivity contribution in [3.05, 3.63) is 59.7 Å². The molecule has 0 heterocycles. The zero-order chi connectivity index (χ0) is 15.8. The molecule has 116 valence electrons. The molecule has 0 radical (unpaired) electrons. The zero-order valence-electron chi connectivity index (χ0n) is 13.2. The minimum Gasteiger partial charge on any atom is -0.490 e. The molecule has 3 nitrogen and oxygen atoms in total. The van der Waals surface area contributed by atoms with Crippen molar-refractivity contribution in [3.8, 4) is 11.5 Å². The van der Waals surface area contributed by atoms with Crippen molar-refractivity contribution in [2.45, 2.75) is 26.7 Å². The Morgan fingerprint density at radius 1 is 1.00 bits per heavy atom. The van der Waals surface area contributed by atoms with Gasteiger partial charge in [-0.3, -0.25) is 4.79 Å². The van der Waals surface area contributed by atoms with Gasteiger partial charge >= 0.3 is 0 Å². The van der Waals surface area contributed by atoms with Crippen LogP contribution in [0.2, 0.25) is 0 Å². The molecule has 0 aliphatic heterocycles. The van der Waals surface area contributed by atoms with Crippen LogP contribution in [0.4, 0.5) is 0 Å². The van der Waals surface area contributed by atoms with Crippen molar-refractivity contribution in [2.24, 2.45) is 0 Å². The van der Waals surface area contributed by atoms with Gasteiger partial charge in [0.25, 0.3) is 0 Å². The van der Waals surface area contributed by atoms with E-state index in [-0.39, 0.29) is 5.78 Å². The lowest BCUT2D eigenvalue weighted by molar-refractivity contribution is 0.101. The Balaban J connectivity index is 1.92. The maximum absolute atomic E-state index is 11.5. The first-order chi connectivity index (χ1) is 10.7. The highest BCUT2D eigenvalue weighted by Gasteiger charge is 2.07. The summed E-state index contributed by atoms with van der Waals surface area (Å²) < 4.78 is 11.4. The van der Waals surface area contributed by atoms with E-state index in [4.69, 9.17) is 9.47 Å². The van der Waals surface area contributed by atoms with E-state index in [0.717, 1.165) is 35.5 Å². The van der Waals surface area contributed by atoms with Crippen LogP contribution in [0.25, 0.3) is 0 Å². The van der Waals surface area contributed by atoms with Crippen LogP contribution in [0.1, 0.15) is 36.2 Å². The lowest BCUT2D eigenvalue weighted by Gasteiger charge is -2.13. The summed E-state index contributed by atoms with van der Waals surface area (Å²) in [6.07, 6.45) is 1.91. The molecule has 0 bridgehead atoms. The fourth-order valence-corrected chi connectivity index (χ4v) is 2.23. The summed E-state index contributed by atoms with van der Waals surface area (Å²) in [7, 11) is 0. The maximum Gasteiger partial charge on any atom is 0.159 e. The normalized spacial score (nSPS) is 10.3. The third-order valence-corrected chi connectivity index (χ3v) is 3.34. The Kier molecular flexibility index (Phi) is 6.01. The molecule has 0 spiro atoms. The molecule has 2 rings (SSSR count). The van der Waals surface area contributed by atoms with Crippen LogP contribution in [-0.4, -0.2) is 19.0 Å². The highest BCUT2D eigenvalue weighted by Crippen LogP contribution is 2.22. The number of hydrogen-bond acceptors (Lipinski definition) is 3. The second-order valence-electron chi connectivity index (χ2n) is 5.14. The van der Waals surface area contributed by atoms with Crippen molar-refractivity contribution >= 4 is 5.78 Å². The largest absolute Gasteiger partial charge is 0.490 e. The molecule has 0 aliphatic rings. The van der Waals surface area contributed by atoms with Gasteiger partial charge in [0.05, 0.1) is 0 Å². The Morgan fingerprint density at radius 3 is 2.41 bits per heavy atom. The van der Waals surface area contributed by atoms with Crippen molar-refractivity contribution < 1.29 is 14.3 Å². The predicted molar refractivity (Wildman–Crippen MR) is 87.9 cm³/mol. The van der Waals surface area contributed by atoms with Gasteiger partial charge in [-0.2, -0.15) is 0 Å². The third kappa shape index (κ3) is 4.62. The molecule has 0 fully saturated rings. The lowest BCUT2D eigenvalue weighted by Crippen LogP contribution is -2.10. The van der Waals surface area contributed by atoms with Crippen LogP contribution >= 0.6 is 0 Å². The summed E-state index contributed by atoms with van der Waals surface area (Å²) in [6.45, 7) is 4.66. The summed E-state index contributed by atoms with van der Waals surface area (Å²) in [5.41, 5.74) is 1.81. The molecule has 0 saturated heterocycles. The van der Waals surface area contributed by atoms with Gasteiger partial charge in [-0.25, -0.2) is 0 Å². The number of ketones is 1. The number of ether oxygens (including phenoxy) is 2. The monoisotopic (exact) mass is 298 g/mol. The quantitative estimate of drug-likeness (QED) is 0.538. The van der Waals surface area contributed by atoms with Crippen LogP contribution in [0.3, 0.4) is 0 Å². The molecule has 2 aromatic rings. The van der Waals surface area contributed by atoms with E-state index < -0.39 is 0 Å². The minimum atomic E-state index is 0.0799. The Labute approximate surface area is 131 Å². The number of para-hydroxylation sites is 1. The third-order valence-electron chi connectivity index (χ3n) is 3.34. The second kappa shape index (κ2) is 8.23. The van der Waals surface area contributed by atoms with E-state index in [0.29, 0.717) is 13.2 Å². The Morgan fingerprint density at radius 2 is 1.73 bits per heavy atom. The molecular weight excluding hydrogens is 276 g/mol. The van der Waals surface area contributed by atoms with Crippen LogP contribution in [0, 0.1) is 0 Å². The molecule has 0 aromatic heterocycles. The average molecular weight is 298 g/mol. The molecule has 0 atom stereocenters. The molecule has 0 saturated carbocycles. The van der Waals surface area contributed by atoms with Crippen LogP contribution in [0.15, 0.2) is 48.5 Å². The average Bonchev–Trinajstić information content (AvgIpc) is 2.53. The van der Waals surface area contributed by atoms with Crippen LogP contribution in [-0.2, 0) is 6.42 Å². The summed E-state index contributed by atoms with van der Waals surface area (Å²) in [6, 6.07) is 15.3. The van der Waals surface area contributed by atoms with Crippen molar-refractivity contribution in [1.82, 2.24) is 0 Å². The molecule has 22 heavy (non-hydrogen) atoms. The van der Waals surface area contributed by atoms with Gasteiger partial charge in [-0.15, -0.1) is 0 Å². The fourth-order valence-electron chi connectivity index (χ4n) is 2.23. The van der Waals surface area contributed by atoms with E-state index >= 15 is 0 Å². The van der Waals surface area contributed by atoms with Gasteiger partial charge in [-0.1, -0.05) is 31.5 Å². The minimum absolute atomic E-state index is 0.0799. The summed E-state index contributed by atoms with van der Waals surface area (Å²) in [5, 5.41) is 0. The predicted octanol–water partition coefficient (Wildman–Crippen LogP) is 4.30. The van der Waals surface area contributed by atoms with E-state index in [1.807, 2.05) is 48.5 Å². The molecule has 0 amide bonds. The molecular formula is C19H22O3. The standard InChI is InChI=1S/C19H22O3/c1-3-7-17-14-16(15(2)20)10-11-19(17)22-13-12-21-18-8-5-4-6-9-18/h4-6,8-11,14H,3,7,12-13H2,1-2H3. The number of carbonyl (C=O) groups excluding carboxylic acids is 1. The van der Waals surface area contributed by atoms with Gasteiger partial charge < -0.3 is 9.47 Å². The number of Topliss-reactive ketones (excluding diaryl/α,β-unsaturated/α-hetero) is 1. The lowest BCUT2D eigenvalue weighted by atomic mass is 10.0. The van der Waals surface area contributed by atoms with Crippen LogP contribution < -0.4 is 9.47 Å². The Bertz CT molecular complexity index is 605. The molecule has 0 N–H and O–H groups in total. The second-order valence-corrected chi connectivity index (χ2v) is 5.14. The number of benzene rings is 2. The first-order valence-electron chi connectivity index (χ1n) is 7.65. The highest BCUT2D eigenvalue weighted by molar-refractivity contribution is 5.94. The molecule has 3 heteroatoms. The van der Waals surface area contributed by atoms with E-state index in [9.17, 15) is 4.79 Å². The first kappa shape index (κ1) is 16.1. The zero-order valence-corrected chi connectivity index (χ0v) is 13.2. The number of carbonyl (C=O) groups is 1. The van der Waals surface area contributed by atoms with E-state index in [2.05, 4.69) is 6.92 Å². The molecule has 0 aliphatic carbocycles. The SMILES string of the molecule is CCCc1cc(C(C)=O)ccc1OCCOc1ccccc1. The summed E-state index contributed by atoms with van der Waals surface area (Å²) in [4.78, 5) is 11.5. The van der Waals surface area contributed by atoms with Crippen molar-refractivity contribution in [2.75, 3.05) is 13.2 Å². The fraction of sp³-hybridized carbons (Fsp3) is 0.316. The van der Waals surface area contributed by atoms with E-state index in [1.165, 1.54) is 0 Å². The van der Waals surface area contributed by atoms with Gasteiger partial charge in [0.1, 0.15) is 24.7 Å². The number of aryl methyl sites for hydroxylation is 1.